The van der Waals surface area contributed by atoms with Crippen molar-refractivity contribution < 1.29 is 24.1 Å². The van der Waals surface area contributed by atoms with E-state index < -0.39 is 11.9 Å². The summed E-state index contributed by atoms with van der Waals surface area (Å²) in [5, 5.41) is 12.5. The lowest BCUT2D eigenvalue weighted by Crippen LogP contribution is -2.31. The summed E-state index contributed by atoms with van der Waals surface area (Å²) >= 11 is 0. The summed E-state index contributed by atoms with van der Waals surface area (Å²) in [5.74, 6) is 0.645. The van der Waals surface area contributed by atoms with Crippen molar-refractivity contribution in [2.24, 2.45) is 0 Å². The van der Waals surface area contributed by atoms with Crippen molar-refractivity contribution in [3.05, 3.63) is 17.7 Å². The number of Topliss-reactive ketones (excluding diaryl/α,β-unsaturated/α-hetero) is 1. The number of hydrogen-bond donors (Lipinski definition) is 2. The molecule has 0 saturated heterocycles. The number of hydrogen-bond acceptors (Lipinski definition) is 6. The second kappa shape index (κ2) is 6.96. The van der Waals surface area contributed by atoms with Crippen molar-refractivity contribution in [3.63, 3.8) is 0 Å². The van der Waals surface area contributed by atoms with Crippen LogP contribution in [0.15, 0.2) is 12.1 Å². The second-order valence-electron chi connectivity index (χ2n) is 3.84. The van der Waals surface area contributed by atoms with Gasteiger partial charge in [0, 0.05) is 18.7 Å². The number of nitrogens with one attached hydrogen (secondary N) is 1. The van der Waals surface area contributed by atoms with Crippen molar-refractivity contribution in [2.45, 2.75) is 6.10 Å². The molecule has 0 aliphatic rings. The first-order chi connectivity index (χ1) is 9.08. The van der Waals surface area contributed by atoms with Crippen molar-refractivity contribution >= 4 is 5.78 Å². The molecule has 0 heterocycles. The zero-order valence-electron chi connectivity index (χ0n) is 11.5. The van der Waals surface area contributed by atoms with E-state index in [1.807, 2.05) is 0 Å². The molecule has 0 amide bonds. The molecule has 1 aromatic carbocycles. The van der Waals surface area contributed by atoms with E-state index in [0.717, 1.165) is 0 Å². The highest BCUT2D eigenvalue weighted by molar-refractivity contribution is 6.04. The summed E-state index contributed by atoms with van der Waals surface area (Å²) in [6.45, 7) is 0.150. The van der Waals surface area contributed by atoms with Crippen LogP contribution in [0.5, 0.6) is 17.2 Å². The molecule has 1 rings (SSSR count). The van der Waals surface area contributed by atoms with Crippen LogP contribution in [0.4, 0.5) is 0 Å². The smallest absolute Gasteiger partial charge is 0.200 e. The topological polar surface area (TPSA) is 77.0 Å². The SMILES string of the molecule is CNCC(O)C(=O)c1c(OC)cc(OC)cc1OC. The molecule has 6 nitrogen and oxygen atoms in total. The summed E-state index contributed by atoms with van der Waals surface area (Å²) in [7, 11) is 6.04. The van der Waals surface area contributed by atoms with E-state index >= 15 is 0 Å². The monoisotopic (exact) mass is 269 g/mol. The van der Waals surface area contributed by atoms with E-state index in [2.05, 4.69) is 5.32 Å². The third-order valence-corrected chi connectivity index (χ3v) is 2.66. The Morgan fingerprint density at radius 2 is 1.74 bits per heavy atom. The largest absolute Gasteiger partial charge is 0.496 e. The first-order valence-electron chi connectivity index (χ1n) is 5.75. The number of aliphatic hydroxyl groups excluding tert-OH is 1. The fourth-order valence-electron chi connectivity index (χ4n) is 1.70. The molecule has 1 unspecified atom stereocenters. The van der Waals surface area contributed by atoms with Crippen LogP contribution in [0.2, 0.25) is 0 Å². The van der Waals surface area contributed by atoms with Gasteiger partial charge in [0.05, 0.1) is 21.3 Å². The second-order valence-corrected chi connectivity index (χ2v) is 3.84. The Labute approximate surface area is 112 Å². The molecule has 19 heavy (non-hydrogen) atoms. The van der Waals surface area contributed by atoms with Gasteiger partial charge >= 0.3 is 0 Å². The first kappa shape index (κ1) is 15.3. The van der Waals surface area contributed by atoms with E-state index in [-0.39, 0.29) is 12.1 Å². The summed E-state index contributed by atoms with van der Waals surface area (Å²) in [6, 6.07) is 3.14. The number of ketones is 1. The van der Waals surface area contributed by atoms with Gasteiger partial charge in [-0.25, -0.2) is 0 Å². The van der Waals surface area contributed by atoms with Crippen LogP contribution >= 0.6 is 0 Å². The van der Waals surface area contributed by atoms with Crippen LogP contribution in [0.25, 0.3) is 0 Å². The van der Waals surface area contributed by atoms with Gasteiger partial charge in [-0.05, 0) is 7.05 Å². The summed E-state index contributed by atoms with van der Waals surface area (Å²) in [5.41, 5.74) is 0.202. The van der Waals surface area contributed by atoms with Crippen LogP contribution in [-0.2, 0) is 0 Å². The minimum atomic E-state index is -1.17. The number of rotatable bonds is 7. The highest BCUT2D eigenvalue weighted by atomic mass is 16.5. The molecule has 2 N–H and O–H groups in total. The summed E-state index contributed by atoms with van der Waals surface area (Å²) in [6.07, 6.45) is -1.17. The molecule has 1 aromatic rings. The zero-order chi connectivity index (χ0) is 14.4. The Balaban J connectivity index is 3.27. The van der Waals surface area contributed by atoms with Gasteiger partial charge in [0.2, 0.25) is 0 Å². The molecular formula is C13H19NO5. The third kappa shape index (κ3) is 3.36. The molecule has 6 heteroatoms. The molecular weight excluding hydrogens is 250 g/mol. The van der Waals surface area contributed by atoms with Gasteiger partial charge in [0.1, 0.15) is 28.9 Å². The number of carbonyl (C=O) groups is 1. The Morgan fingerprint density at radius 3 is 2.11 bits per heavy atom. The van der Waals surface area contributed by atoms with Crippen molar-refractivity contribution in [2.75, 3.05) is 34.9 Å². The van der Waals surface area contributed by atoms with E-state index in [9.17, 15) is 9.90 Å². The van der Waals surface area contributed by atoms with E-state index in [0.29, 0.717) is 17.2 Å². The van der Waals surface area contributed by atoms with Crippen LogP contribution in [0.3, 0.4) is 0 Å². The average Bonchev–Trinajstić information content (AvgIpc) is 2.44. The third-order valence-electron chi connectivity index (χ3n) is 2.66. The summed E-state index contributed by atoms with van der Waals surface area (Å²) < 4.78 is 15.4. The minimum Gasteiger partial charge on any atom is -0.496 e. The van der Waals surface area contributed by atoms with Crippen molar-refractivity contribution in [3.8, 4) is 17.2 Å². The minimum absolute atomic E-state index is 0.150. The Hall–Kier alpha value is -1.79. The molecule has 0 bridgehead atoms. The van der Waals surface area contributed by atoms with E-state index in [1.165, 1.54) is 21.3 Å². The predicted octanol–water partition coefficient (Wildman–Crippen LogP) is 0.475. The van der Waals surface area contributed by atoms with Crippen LogP contribution < -0.4 is 19.5 Å². The van der Waals surface area contributed by atoms with Crippen LogP contribution in [0.1, 0.15) is 10.4 Å². The quantitative estimate of drug-likeness (QED) is 0.701. The average molecular weight is 269 g/mol. The molecule has 0 aromatic heterocycles. The predicted molar refractivity (Wildman–Crippen MR) is 70.4 cm³/mol. The van der Waals surface area contributed by atoms with E-state index in [4.69, 9.17) is 14.2 Å². The number of benzene rings is 1. The van der Waals surface area contributed by atoms with Gasteiger partial charge in [0.15, 0.2) is 5.78 Å². The highest BCUT2D eigenvalue weighted by Gasteiger charge is 2.25. The van der Waals surface area contributed by atoms with E-state index in [1.54, 1.807) is 19.2 Å². The number of methoxy groups -OCH3 is 3. The molecule has 1 atom stereocenters. The number of aliphatic hydroxyl groups is 1. The lowest BCUT2D eigenvalue weighted by molar-refractivity contribution is 0.0743. The van der Waals surface area contributed by atoms with Crippen LogP contribution in [0, 0.1) is 0 Å². The van der Waals surface area contributed by atoms with Crippen molar-refractivity contribution in [1.29, 1.82) is 0 Å². The van der Waals surface area contributed by atoms with Gasteiger partial charge in [0.25, 0.3) is 0 Å². The summed E-state index contributed by atoms with van der Waals surface area (Å²) in [4.78, 5) is 12.2. The van der Waals surface area contributed by atoms with Crippen LogP contribution in [-0.4, -0.2) is 51.9 Å². The van der Waals surface area contributed by atoms with Gasteiger partial charge in [-0.3, -0.25) is 4.79 Å². The Bertz CT molecular complexity index is 422. The maximum atomic E-state index is 12.2. The number of ether oxygens (including phenoxy) is 3. The fraction of sp³-hybridized carbons (Fsp3) is 0.462. The standard InChI is InChI=1S/C13H19NO5/c1-14-7-9(15)13(16)12-10(18-3)5-8(17-2)6-11(12)19-4/h5-6,9,14-15H,7H2,1-4H3. The molecule has 106 valence electrons. The zero-order valence-corrected chi connectivity index (χ0v) is 11.5. The number of carbonyl (C=O) groups excluding carboxylic acids is 1. The maximum Gasteiger partial charge on any atom is 0.200 e. The molecule has 0 aliphatic heterocycles. The molecule has 0 fully saturated rings. The maximum absolute atomic E-state index is 12.2. The Kier molecular flexibility index (Phi) is 5.59. The highest BCUT2D eigenvalue weighted by Crippen LogP contribution is 2.34. The molecule has 0 saturated carbocycles. The van der Waals surface area contributed by atoms with Crippen molar-refractivity contribution in [1.82, 2.24) is 5.32 Å². The fourth-order valence-corrected chi connectivity index (χ4v) is 1.70. The Morgan fingerprint density at radius 1 is 1.21 bits per heavy atom. The number of likely N-dealkylation sites (N-methyl/N-ethyl adjacent to an activating group) is 1. The lowest BCUT2D eigenvalue weighted by Gasteiger charge is -2.16. The van der Waals surface area contributed by atoms with Gasteiger partial charge < -0.3 is 24.6 Å². The molecule has 0 spiro atoms. The normalized spacial score (nSPS) is 11.8. The van der Waals surface area contributed by atoms with Gasteiger partial charge in [-0.2, -0.15) is 0 Å². The molecule has 0 aliphatic carbocycles. The van der Waals surface area contributed by atoms with Gasteiger partial charge in [-0.1, -0.05) is 0 Å². The lowest BCUT2D eigenvalue weighted by atomic mass is 10.0. The molecule has 0 radical (unpaired) electrons. The first-order valence-corrected chi connectivity index (χ1v) is 5.75. The van der Waals surface area contributed by atoms with Gasteiger partial charge in [-0.15, -0.1) is 0 Å².